The number of morpholine rings is 1. The molecule has 1 amide bonds. The summed E-state index contributed by atoms with van der Waals surface area (Å²) in [5.41, 5.74) is 1.78. The number of hydrogen-bond acceptors (Lipinski definition) is 6. The van der Waals surface area contributed by atoms with E-state index in [0.29, 0.717) is 49.7 Å². The number of ether oxygens (including phenoxy) is 2. The average molecular weight is 511 g/mol. The molecular weight excluding hydrogens is 475 g/mol. The first-order chi connectivity index (χ1) is 17.9. The molecule has 198 valence electrons. The summed E-state index contributed by atoms with van der Waals surface area (Å²) in [7, 11) is 0. The van der Waals surface area contributed by atoms with Crippen molar-refractivity contribution in [2.45, 2.75) is 39.2 Å². The zero-order valence-electron chi connectivity index (χ0n) is 21.5. The van der Waals surface area contributed by atoms with Gasteiger partial charge in [-0.15, -0.1) is 0 Å². The smallest absolute Gasteiger partial charge is 0.295 e. The van der Waals surface area contributed by atoms with E-state index in [2.05, 4.69) is 11.8 Å². The topological polar surface area (TPSA) is 79.3 Å². The van der Waals surface area contributed by atoms with Crippen LogP contribution in [0.3, 0.4) is 0 Å². The Hall–Kier alpha value is -3.23. The Balaban J connectivity index is 1.64. The summed E-state index contributed by atoms with van der Waals surface area (Å²) in [6.45, 7) is 8.64. The maximum atomic E-state index is 13.7. The van der Waals surface area contributed by atoms with Crippen molar-refractivity contribution in [3.63, 3.8) is 0 Å². The largest absolute Gasteiger partial charge is 0.507 e. The van der Waals surface area contributed by atoms with Gasteiger partial charge in [0.15, 0.2) is 0 Å². The number of amides is 1. The van der Waals surface area contributed by atoms with Crippen LogP contribution in [0.5, 0.6) is 5.75 Å². The number of benzene rings is 2. The quantitative estimate of drug-likeness (QED) is 0.220. The summed E-state index contributed by atoms with van der Waals surface area (Å²) >= 11 is 0. The van der Waals surface area contributed by atoms with Gasteiger partial charge in [-0.25, -0.2) is 4.39 Å². The van der Waals surface area contributed by atoms with Crippen LogP contribution in [-0.2, 0) is 14.3 Å². The normalized spacial score (nSPS) is 20.0. The molecule has 2 fully saturated rings. The molecule has 37 heavy (non-hydrogen) atoms. The molecule has 0 aliphatic carbocycles. The number of unbranched alkanes of at least 4 members (excludes halogenated alkanes) is 1. The maximum absolute atomic E-state index is 13.7. The standard InChI is InChI=1S/C29H35FN2O5/c1-3-4-16-37-23-10-11-24(20(2)19-23)27(33)25-26(21-6-8-22(30)9-7-21)32(29(35)28(25)34)13-5-12-31-14-17-36-18-15-31/h6-11,19,26,33H,3-5,12-18H2,1-2H3/b27-25+. The molecule has 2 aromatic carbocycles. The van der Waals surface area contributed by atoms with E-state index >= 15 is 0 Å². The lowest BCUT2D eigenvalue weighted by molar-refractivity contribution is -0.140. The molecule has 8 heteroatoms. The molecule has 0 bridgehead atoms. The summed E-state index contributed by atoms with van der Waals surface area (Å²) in [5.74, 6) is -1.36. The van der Waals surface area contributed by atoms with Gasteiger partial charge in [-0.2, -0.15) is 0 Å². The number of likely N-dealkylation sites (tertiary alicyclic amines) is 1. The second-order valence-electron chi connectivity index (χ2n) is 9.53. The van der Waals surface area contributed by atoms with Gasteiger partial charge >= 0.3 is 0 Å². The highest BCUT2D eigenvalue weighted by Crippen LogP contribution is 2.40. The number of hydrogen-bond donors (Lipinski definition) is 1. The van der Waals surface area contributed by atoms with Crippen LogP contribution < -0.4 is 4.74 Å². The number of nitrogens with zero attached hydrogens (tertiary/aromatic N) is 2. The van der Waals surface area contributed by atoms with E-state index in [1.807, 2.05) is 13.0 Å². The van der Waals surface area contributed by atoms with Gasteiger partial charge in [0.2, 0.25) is 0 Å². The zero-order valence-corrected chi connectivity index (χ0v) is 21.5. The van der Waals surface area contributed by atoms with Crippen molar-refractivity contribution in [3.05, 3.63) is 70.5 Å². The van der Waals surface area contributed by atoms with E-state index in [1.54, 1.807) is 24.3 Å². The number of Topliss-reactive ketones (excluding diaryl/α,β-unsaturated/α-hetero) is 1. The monoisotopic (exact) mass is 510 g/mol. The highest BCUT2D eigenvalue weighted by molar-refractivity contribution is 6.46. The Morgan fingerprint density at radius 1 is 1.08 bits per heavy atom. The lowest BCUT2D eigenvalue weighted by atomic mass is 9.94. The number of aryl methyl sites for hydroxylation is 1. The van der Waals surface area contributed by atoms with E-state index in [-0.39, 0.29) is 11.3 Å². The molecule has 1 atom stereocenters. The van der Waals surface area contributed by atoms with Gasteiger partial charge in [0.1, 0.15) is 17.3 Å². The molecule has 4 rings (SSSR count). The molecular formula is C29H35FN2O5. The van der Waals surface area contributed by atoms with Crippen LogP contribution in [0.4, 0.5) is 4.39 Å². The van der Waals surface area contributed by atoms with Crippen molar-refractivity contribution in [1.82, 2.24) is 9.80 Å². The van der Waals surface area contributed by atoms with E-state index in [4.69, 9.17) is 9.47 Å². The van der Waals surface area contributed by atoms with E-state index in [0.717, 1.165) is 38.0 Å². The molecule has 2 heterocycles. The molecule has 2 aromatic rings. The van der Waals surface area contributed by atoms with Crippen LogP contribution >= 0.6 is 0 Å². The molecule has 2 aliphatic rings. The molecule has 7 nitrogen and oxygen atoms in total. The van der Waals surface area contributed by atoms with Crippen LogP contribution in [-0.4, -0.2) is 72.6 Å². The molecule has 1 unspecified atom stereocenters. The number of ketones is 1. The number of carbonyl (C=O) groups is 2. The Morgan fingerprint density at radius 3 is 2.49 bits per heavy atom. The number of rotatable bonds is 10. The lowest BCUT2D eigenvalue weighted by Crippen LogP contribution is -2.38. The van der Waals surface area contributed by atoms with Gasteiger partial charge in [0.25, 0.3) is 11.7 Å². The average Bonchev–Trinajstić information content (AvgIpc) is 3.15. The van der Waals surface area contributed by atoms with Gasteiger partial charge in [-0.3, -0.25) is 14.5 Å². The second-order valence-corrected chi connectivity index (χ2v) is 9.53. The van der Waals surface area contributed by atoms with Crippen molar-refractivity contribution < 1.29 is 28.6 Å². The van der Waals surface area contributed by atoms with Gasteiger partial charge in [0, 0.05) is 31.7 Å². The first kappa shape index (κ1) is 26.8. The number of carbonyl (C=O) groups excluding carboxylic acids is 2. The van der Waals surface area contributed by atoms with Gasteiger partial charge in [-0.05, 0) is 61.2 Å². The molecule has 0 aromatic heterocycles. The van der Waals surface area contributed by atoms with Crippen molar-refractivity contribution in [2.75, 3.05) is 46.0 Å². The van der Waals surface area contributed by atoms with Crippen molar-refractivity contribution in [2.24, 2.45) is 0 Å². The molecule has 0 radical (unpaired) electrons. The minimum absolute atomic E-state index is 0.0192. The third-order valence-corrected chi connectivity index (χ3v) is 6.92. The Kier molecular flexibility index (Phi) is 8.95. The summed E-state index contributed by atoms with van der Waals surface area (Å²) in [6.07, 6.45) is 2.62. The van der Waals surface area contributed by atoms with Crippen LogP contribution in [0, 0.1) is 12.7 Å². The van der Waals surface area contributed by atoms with Crippen molar-refractivity contribution in [1.29, 1.82) is 0 Å². The van der Waals surface area contributed by atoms with E-state index in [9.17, 15) is 19.1 Å². The van der Waals surface area contributed by atoms with Crippen molar-refractivity contribution in [3.8, 4) is 5.75 Å². The van der Waals surface area contributed by atoms with Gasteiger partial charge < -0.3 is 19.5 Å². The van der Waals surface area contributed by atoms with Gasteiger partial charge in [0.05, 0.1) is 31.4 Å². The Labute approximate surface area is 217 Å². The fourth-order valence-electron chi connectivity index (χ4n) is 4.86. The molecule has 0 spiro atoms. The predicted octanol–water partition coefficient (Wildman–Crippen LogP) is 4.46. The summed E-state index contributed by atoms with van der Waals surface area (Å²) in [5, 5.41) is 11.4. The molecule has 2 saturated heterocycles. The van der Waals surface area contributed by atoms with Crippen LogP contribution in [0.25, 0.3) is 5.76 Å². The van der Waals surface area contributed by atoms with Crippen LogP contribution in [0.15, 0.2) is 48.0 Å². The highest BCUT2D eigenvalue weighted by atomic mass is 19.1. The maximum Gasteiger partial charge on any atom is 0.295 e. The first-order valence-corrected chi connectivity index (χ1v) is 13.0. The third-order valence-electron chi connectivity index (χ3n) is 6.92. The minimum Gasteiger partial charge on any atom is -0.507 e. The van der Waals surface area contributed by atoms with Crippen LogP contribution in [0.2, 0.25) is 0 Å². The SMILES string of the molecule is CCCCOc1ccc(/C(O)=C2\C(=O)C(=O)N(CCCN3CCOCC3)C2c2ccc(F)cc2)c(C)c1. The minimum atomic E-state index is -0.801. The molecule has 1 N–H and O–H groups in total. The highest BCUT2D eigenvalue weighted by Gasteiger charge is 2.46. The van der Waals surface area contributed by atoms with Crippen LogP contribution in [0.1, 0.15) is 48.9 Å². The number of aliphatic hydroxyl groups is 1. The first-order valence-electron chi connectivity index (χ1n) is 13.0. The fourth-order valence-corrected chi connectivity index (χ4v) is 4.86. The second kappa shape index (κ2) is 12.3. The Morgan fingerprint density at radius 2 is 1.81 bits per heavy atom. The third kappa shape index (κ3) is 6.19. The fraction of sp³-hybridized carbons (Fsp3) is 0.448. The summed E-state index contributed by atoms with van der Waals surface area (Å²) in [6, 6.07) is 10.2. The number of halogens is 1. The van der Waals surface area contributed by atoms with E-state index in [1.165, 1.54) is 17.0 Å². The predicted molar refractivity (Wildman–Crippen MR) is 139 cm³/mol. The zero-order chi connectivity index (χ0) is 26.4. The molecule has 2 aliphatic heterocycles. The van der Waals surface area contributed by atoms with E-state index < -0.39 is 23.5 Å². The summed E-state index contributed by atoms with van der Waals surface area (Å²) < 4.78 is 24.9. The summed E-state index contributed by atoms with van der Waals surface area (Å²) in [4.78, 5) is 30.2. The lowest BCUT2D eigenvalue weighted by Gasteiger charge is -2.29. The number of aliphatic hydroxyl groups excluding tert-OH is 1. The van der Waals surface area contributed by atoms with Gasteiger partial charge in [-0.1, -0.05) is 25.5 Å². The van der Waals surface area contributed by atoms with Crippen molar-refractivity contribution >= 4 is 17.4 Å². The Bertz CT molecular complexity index is 1140. The molecule has 0 saturated carbocycles.